The molecule has 2 aromatic carbocycles. The number of hydrogen-bond acceptors (Lipinski definition) is 4. The Kier molecular flexibility index (Phi) is 10.7. The van der Waals surface area contributed by atoms with Crippen LogP contribution >= 0.6 is 0 Å². The fourth-order valence-electron chi connectivity index (χ4n) is 4.79. The van der Waals surface area contributed by atoms with Crippen LogP contribution in [0.5, 0.6) is 0 Å². The van der Waals surface area contributed by atoms with Crippen molar-refractivity contribution >= 4 is 17.7 Å². The van der Waals surface area contributed by atoms with Crippen LogP contribution in [0.25, 0.3) is 0 Å². The van der Waals surface area contributed by atoms with E-state index in [4.69, 9.17) is 9.47 Å². The fraction of sp³-hybridized carbons (Fsp3) is 0.548. The summed E-state index contributed by atoms with van der Waals surface area (Å²) in [6.07, 6.45) is 4.64. The third-order valence-electron chi connectivity index (χ3n) is 7.15. The van der Waals surface area contributed by atoms with Crippen molar-refractivity contribution in [3.05, 3.63) is 64.7 Å². The molecule has 7 heteroatoms. The van der Waals surface area contributed by atoms with Crippen LogP contribution in [-0.2, 0) is 16.1 Å². The van der Waals surface area contributed by atoms with Gasteiger partial charge in [0.1, 0.15) is 0 Å². The van der Waals surface area contributed by atoms with Gasteiger partial charge in [-0.15, -0.1) is 0 Å². The molecule has 1 aliphatic carbocycles. The molecule has 1 saturated carbocycles. The normalized spacial score (nSPS) is 17.7. The van der Waals surface area contributed by atoms with Gasteiger partial charge in [0.15, 0.2) is 0 Å². The van der Waals surface area contributed by atoms with Crippen LogP contribution in [-0.4, -0.2) is 53.9 Å². The number of nitrogens with zero attached hydrogens (tertiary/aromatic N) is 1. The first-order valence-electron chi connectivity index (χ1n) is 13.7. The number of urea groups is 1. The first-order valence-corrected chi connectivity index (χ1v) is 13.7. The minimum atomic E-state index is -0.922. The number of rotatable bonds is 11. The lowest BCUT2D eigenvalue weighted by Crippen LogP contribution is -2.40. The predicted molar refractivity (Wildman–Crippen MR) is 151 cm³/mol. The highest BCUT2D eigenvalue weighted by molar-refractivity contribution is 5.91. The van der Waals surface area contributed by atoms with E-state index in [2.05, 4.69) is 26.1 Å². The van der Waals surface area contributed by atoms with Crippen LogP contribution in [0, 0.1) is 19.3 Å². The van der Waals surface area contributed by atoms with Crippen LogP contribution < -0.4 is 5.32 Å². The van der Waals surface area contributed by atoms with Crippen molar-refractivity contribution in [2.45, 2.75) is 85.5 Å². The van der Waals surface area contributed by atoms with E-state index in [1.54, 1.807) is 0 Å². The zero-order valence-corrected chi connectivity index (χ0v) is 23.6. The van der Waals surface area contributed by atoms with Crippen LogP contribution in [0.1, 0.15) is 79.9 Å². The lowest BCUT2D eigenvalue weighted by molar-refractivity contribution is -0.0524. The minimum absolute atomic E-state index is 0.0252. The molecule has 1 aliphatic rings. The molecule has 1 fully saturated rings. The number of benzene rings is 2. The molecule has 0 spiro atoms. The summed E-state index contributed by atoms with van der Waals surface area (Å²) in [5, 5.41) is 12.6. The summed E-state index contributed by atoms with van der Waals surface area (Å²) in [5.41, 5.74) is 3.75. The molecule has 0 aliphatic heterocycles. The molecule has 3 rings (SSSR count). The van der Waals surface area contributed by atoms with Gasteiger partial charge in [-0.3, -0.25) is 0 Å². The lowest BCUT2D eigenvalue weighted by Gasteiger charge is -2.31. The fourth-order valence-corrected chi connectivity index (χ4v) is 4.79. The molecule has 0 aromatic heterocycles. The van der Waals surface area contributed by atoms with Gasteiger partial charge in [0, 0.05) is 18.8 Å². The van der Waals surface area contributed by atoms with Gasteiger partial charge in [-0.2, -0.15) is 0 Å². The van der Waals surface area contributed by atoms with E-state index in [0.29, 0.717) is 30.8 Å². The van der Waals surface area contributed by atoms with E-state index in [1.165, 1.54) is 0 Å². The molecule has 7 nitrogen and oxygen atoms in total. The number of carbonyl (C=O) groups is 2. The van der Waals surface area contributed by atoms with Gasteiger partial charge in [0.05, 0.1) is 31.0 Å². The summed E-state index contributed by atoms with van der Waals surface area (Å²) in [4.78, 5) is 26.7. The number of carboxylic acids is 1. The first-order chi connectivity index (χ1) is 18.0. The number of amides is 2. The van der Waals surface area contributed by atoms with Crippen molar-refractivity contribution < 1.29 is 24.2 Å². The number of nitrogens with one attached hydrogen (secondary N) is 1. The maximum absolute atomic E-state index is 13.1. The number of aryl methyl sites for hydroxylation is 2. The summed E-state index contributed by atoms with van der Waals surface area (Å²) in [5.74, 6) is -0.922. The highest BCUT2D eigenvalue weighted by Gasteiger charge is 2.25. The SMILES string of the molecule is Cc1ccccc1NC(=O)N(CCO[C@H]1CCC[C@@H](OCc2cccc(C)c2C(=O)O)C1)CCC(C)(C)C. The highest BCUT2D eigenvalue weighted by Crippen LogP contribution is 2.26. The van der Waals surface area contributed by atoms with Crippen LogP contribution in [0.3, 0.4) is 0 Å². The van der Waals surface area contributed by atoms with Crippen LogP contribution in [0.15, 0.2) is 42.5 Å². The van der Waals surface area contributed by atoms with Gasteiger partial charge < -0.3 is 24.8 Å². The largest absolute Gasteiger partial charge is 0.478 e. The Bertz CT molecular complexity index is 1080. The molecule has 2 aromatic rings. The number of anilines is 1. The third-order valence-corrected chi connectivity index (χ3v) is 7.15. The molecule has 0 heterocycles. The summed E-state index contributed by atoms with van der Waals surface area (Å²) in [6.45, 7) is 12.2. The van der Waals surface area contributed by atoms with Gasteiger partial charge >= 0.3 is 12.0 Å². The van der Waals surface area contributed by atoms with Crippen molar-refractivity contribution in [1.29, 1.82) is 0 Å². The number of hydrogen-bond donors (Lipinski definition) is 2. The van der Waals surface area contributed by atoms with Gasteiger partial charge in [0.25, 0.3) is 0 Å². The Morgan fingerprint density at radius 2 is 1.66 bits per heavy atom. The number of carbonyl (C=O) groups excluding carboxylic acids is 1. The maximum atomic E-state index is 13.1. The van der Waals surface area contributed by atoms with Gasteiger partial charge in [-0.25, -0.2) is 9.59 Å². The van der Waals surface area contributed by atoms with E-state index in [0.717, 1.165) is 48.9 Å². The Balaban J connectivity index is 1.52. The number of ether oxygens (including phenoxy) is 2. The molecule has 2 amide bonds. The van der Waals surface area contributed by atoms with E-state index < -0.39 is 5.97 Å². The Labute approximate surface area is 227 Å². The quantitative estimate of drug-likeness (QED) is 0.337. The standard InChI is InChI=1S/C31H44N2O5/c1-22-10-6-7-15-27(22)32-30(36)33(17-16-31(3,4)5)18-19-37-25-13-9-14-26(20-25)38-21-24-12-8-11-23(2)28(24)29(34)35/h6-8,10-12,15,25-26H,9,13-14,16-21H2,1-5H3,(H,32,36)(H,34,35)/t25-,26+/m0/s1. The minimum Gasteiger partial charge on any atom is -0.478 e. The zero-order chi connectivity index (χ0) is 27.7. The second-order valence-corrected chi connectivity index (χ2v) is 11.5. The predicted octanol–water partition coefficient (Wildman–Crippen LogP) is 6.82. The summed E-state index contributed by atoms with van der Waals surface area (Å²) in [7, 11) is 0. The molecule has 0 radical (unpaired) electrons. The number of aromatic carboxylic acids is 1. The average molecular weight is 525 g/mol. The Morgan fingerprint density at radius 1 is 0.974 bits per heavy atom. The Morgan fingerprint density at radius 3 is 2.34 bits per heavy atom. The third kappa shape index (κ3) is 9.14. The smallest absolute Gasteiger partial charge is 0.336 e. The average Bonchev–Trinajstić information content (AvgIpc) is 2.85. The molecule has 208 valence electrons. The molecule has 0 saturated heterocycles. The van der Waals surface area contributed by atoms with Crippen molar-refractivity contribution in [3.63, 3.8) is 0 Å². The van der Waals surface area contributed by atoms with Gasteiger partial charge in [0.2, 0.25) is 0 Å². The van der Waals surface area contributed by atoms with Gasteiger partial charge in [-0.1, -0.05) is 57.2 Å². The Hall–Kier alpha value is -2.90. The molecule has 0 unspecified atom stereocenters. The summed E-state index contributed by atoms with van der Waals surface area (Å²) < 4.78 is 12.4. The molecule has 0 bridgehead atoms. The number of carboxylic acid groups (broad SMARTS) is 1. The topological polar surface area (TPSA) is 88.1 Å². The first kappa shape index (κ1) is 29.7. The van der Waals surface area contributed by atoms with E-state index in [1.807, 2.05) is 61.2 Å². The van der Waals surface area contributed by atoms with Crippen molar-refractivity contribution in [3.8, 4) is 0 Å². The second kappa shape index (κ2) is 13.8. The lowest BCUT2D eigenvalue weighted by atomic mass is 9.92. The summed E-state index contributed by atoms with van der Waals surface area (Å²) in [6, 6.07) is 13.2. The number of para-hydroxylation sites is 1. The van der Waals surface area contributed by atoms with E-state index in [9.17, 15) is 14.7 Å². The van der Waals surface area contributed by atoms with E-state index in [-0.39, 0.29) is 30.3 Å². The highest BCUT2D eigenvalue weighted by atomic mass is 16.5. The van der Waals surface area contributed by atoms with Crippen molar-refractivity contribution in [1.82, 2.24) is 4.90 Å². The maximum Gasteiger partial charge on any atom is 0.336 e. The summed E-state index contributed by atoms with van der Waals surface area (Å²) >= 11 is 0. The molecular formula is C31H44N2O5. The zero-order valence-electron chi connectivity index (χ0n) is 23.6. The molecular weight excluding hydrogens is 480 g/mol. The van der Waals surface area contributed by atoms with Crippen molar-refractivity contribution in [2.75, 3.05) is 25.0 Å². The van der Waals surface area contributed by atoms with Crippen LogP contribution in [0.4, 0.5) is 10.5 Å². The molecule has 2 atom stereocenters. The van der Waals surface area contributed by atoms with Crippen molar-refractivity contribution in [2.24, 2.45) is 5.41 Å². The second-order valence-electron chi connectivity index (χ2n) is 11.5. The van der Waals surface area contributed by atoms with Crippen LogP contribution in [0.2, 0.25) is 0 Å². The molecule has 38 heavy (non-hydrogen) atoms. The molecule has 2 N–H and O–H groups in total. The van der Waals surface area contributed by atoms with E-state index >= 15 is 0 Å². The van der Waals surface area contributed by atoms with Gasteiger partial charge in [-0.05, 0) is 74.1 Å². The monoisotopic (exact) mass is 524 g/mol.